The van der Waals surface area contributed by atoms with Crippen molar-refractivity contribution in [1.29, 1.82) is 0 Å². The van der Waals surface area contributed by atoms with Crippen molar-refractivity contribution in [1.82, 2.24) is 0 Å². The van der Waals surface area contributed by atoms with Gasteiger partial charge in [-0.3, -0.25) is 4.79 Å². The first kappa shape index (κ1) is 11.9. The molecular formula is C16H17N2O+. The number of amides is 1. The van der Waals surface area contributed by atoms with Crippen LogP contribution in [0.1, 0.15) is 34.5 Å². The lowest BCUT2D eigenvalue weighted by Gasteiger charge is -2.13. The lowest BCUT2D eigenvalue weighted by atomic mass is 9.96. The molecule has 2 aromatic rings. The molecule has 3 nitrogen and oxygen atoms in total. The van der Waals surface area contributed by atoms with Gasteiger partial charge >= 0.3 is 5.91 Å². The van der Waals surface area contributed by atoms with Gasteiger partial charge in [0.05, 0.1) is 0 Å². The molecule has 1 N–H and O–H groups in total. The SMILES string of the molecule is O=C(N[n+]1cccc2c1CCCC2)c1ccccc1. The Labute approximate surface area is 112 Å². The van der Waals surface area contributed by atoms with E-state index in [1.807, 2.05) is 47.3 Å². The van der Waals surface area contributed by atoms with E-state index in [2.05, 4.69) is 11.5 Å². The van der Waals surface area contributed by atoms with Crippen LogP contribution in [0.15, 0.2) is 48.7 Å². The Morgan fingerprint density at radius 3 is 2.63 bits per heavy atom. The minimum Gasteiger partial charge on any atom is -0.264 e. The molecule has 0 aliphatic heterocycles. The Balaban J connectivity index is 1.86. The van der Waals surface area contributed by atoms with Crippen LogP contribution in [-0.2, 0) is 12.8 Å². The average Bonchev–Trinajstić information content (AvgIpc) is 2.48. The summed E-state index contributed by atoms with van der Waals surface area (Å²) in [5.41, 5.74) is 6.23. The van der Waals surface area contributed by atoms with Gasteiger partial charge in [-0.15, -0.1) is 5.43 Å². The van der Waals surface area contributed by atoms with Gasteiger partial charge in [0.1, 0.15) is 0 Å². The van der Waals surface area contributed by atoms with Crippen molar-refractivity contribution in [3.63, 3.8) is 0 Å². The lowest BCUT2D eigenvalue weighted by molar-refractivity contribution is -0.650. The topological polar surface area (TPSA) is 33.0 Å². The maximum atomic E-state index is 12.2. The number of aryl methyl sites for hydroxylation is 1. The van der Waals surface area contributed by atoms with Crippen molar-refractivity contribution in [2.75, 3.05) is 5.43 Å². The van der Waals surface area contributed by atoms with Gasteiger partial charge in [-0.1, -0.05) is 22.9 Å². The third-order valence-corrected chi connectivity index (χ3v) is 3.56. The molecule has 0 atom stereocenters. The molecule has 0 radical (unpaired) electrons. The van der Waals surface area contributed by atoms with Crippen LogP contribution in [0.25, 0.3) is 0 Å². The summed E-state index contributed by atoms with van der Waals surface area (Å²) in [7, 11) is 0. The van der Waals surface area contributed by atoms with E-state index in [4.69, 9.17) is 0 Å². The fraction of sp³-hybridized carbons (Fsp3) is 0.250. The van der Waals surface area contributed by atoms with E-state index in [1.54, 1.807) is 0 Å². The van der Waals surface area contributed by atoms with Crippen LogP contribution in [-0.4, -0.2) is 5.91 Å². The van der Waals surface area contributed by atoms with Crippen molar-refractivity contribution in [2.45, 2.75) is 25.7 Å². The summed E-state index contributed by atoms with van der Waals surface area (Å²) in [4.78, 5) is 12.2. The number of carbonyl (C=O) groups is 1. The molecule has 3 heteroatoms. The molecule has 19 heavy (non-hydrogen) atoms. The molecule has 1 aliphatic carbocycles. The largest absolute Gasteiger partial charge is 0.305 e. The van der Waals surface area contributed by atoms with Gasteiger partial charge < -0.3 is 0 Å². The van der Waals surface area contributed by atoms with Crippen LogP contribution in [0.2, 0.25) is 0 Å². The monoisotopic (exact) mass is 253 g/mol. The van der Waals surface area contributed by atoms with Crippen LogP contribution in [0.3, 0.4) is 0 Å². The molecule has 96 valence electrons. The molecule has 1 heterocycles. The number of aromatic nitrogens is 1. The summed E-state index contributed by atoms with van der Waals surface area (Å²) in [5, 5.41) is 0. The predicted molar refractivity (Wildman–Crippen MR) is 73.4 cm³/mol. The molecule has 0 bridgehead atoms. The number of rotatable bonds is 2. The lowest BCUT2D eigenvalue weighted by Crippen LogP contribution is -2.52. The highest BCUT2D eigenvalue weighted by atomic mass is 16.2. The fourth-order valence-electron chi connectivity index (χ4n) is 2.57. The minimum atomic E-state index is -0.0652. The van der Waals surface area contributed by atoms with Crippen LogP contribution in [0.5, 0.6) is 0 Å². The maximum absolute atomic E-state index is 12.2. The van der Waals surface area contributed by atoms with Crippen molar-refractivity contribution in [3.8, 4) is 0 Å². The summed E-state index contributed by atoms with van der Waals surface area (Å²) < 4.78 is 1.88. The number of carbonyl (C=O) groups excluding carboxylic acids is 1. The zero-order valence-corrected chi connectivity index (χ0v) is 10.8. The van der Waals surface area contributed by atoms with Crippen LogP contribution in [0.4, 0.5) is 0 Å². The highest BCUT2D eigenvalue weighted by molar-refractivity contribution is 5.98. The Hall–Kier alpha value is -2.16. The highest BCUT2D eigenvalue weighted by Crippen LogP contribution is 2.16. The van der Waals surface area contributed by atoms with Gasteiger partial charge in [-0.25, -0.2) is 0 Å². The molecule has 1 aromatic heterocycles. The number of fused-ring (bicyclic) bond motifs is 1. The maximum Gasteiger partial charge on any atom is 0.305 e. The van der Waals surface area contributed by atoms with E-state index in [9.17, 15) is 4.79 Å². The Kier molecular flexibility index (Phi) is 3.27. The number of pyridine rings is 1. The van der Waals surface area contributed by atoms with E-state index in [0.29, 0.717) is 5.56 Å². The van der Waals surface area contributed by atoms with E-state index >= 15 is 0 Å². The van der Waals surface area contributed by atoms with Gasteiger partial charge in [0.25, 0.3) is 0 Å². The molecule has 0 saturated heterocycles. The van der Waals surface area contributed by atoms with Crippen molar-refractivity contribution >= 4 is 5.91 Å². The first-order valence-corrected chi connectivity index (χ1v) is 6.73. The first-order valence-electron chi connectivity index (χ1n) is 6.73. The van der Waals surface area contributed by atoms with Crippen LogP contribution < -0.4 is 10.1 Å². The number of hydrogen-bond donors (Lipinski definition) is 1. The van der Waals surface area contributed by atoms with Crippen LogP contribution in [0, 0.1) is 0 Å². The Bertz CT molecular complexity index is 593. The van der Waals surface area contributed by atoms with E-state index in [-0.39, 0.29) is 5.91 Å². The summed E-state index contributed by atoms with van der Waals surface area (Å²) in [5.74, 6) is -0.0652. The Morgan fingerprint density at radius 1 is 1.00 bits per heavy atom. The third kappa shape index (κ3) is 2.50. The summed E-state index contributed by atoms with van der Waals surface area (Å²) in [6.07, 6.45) is 6.50. The fourth-order valence-corrected chi connectivity index (χ4v) is 2.57. The van der Waals surface area contributed by atoms with Gasteiger partial charge in [0.2, 0.25) is 5.69 Å². The average molecular weight is 253 g/mol. The van der Waals surface area contributed by atoms with Crippen molar-refractivity contribution in [3.05, 3.63) is 65.5 Å². The molecular weight excluding hydrogens is 236 g/mol. The van der Waals surface area contributed by atoms with Crippen molar-refractivity contribution in [2.24, 2.45) is 0 Å². The predicted octanol–water partition coefficient (Wildman–Crippen LogP) is 2.24. The highest BCUT2D eigenvalue weighted by Gasteiger charge is 2.21. The molecule has 3 rings (SSSR count). The zero-order chi connectivity index (χ0) is 13.1. The molecule has 1 amide bonds. The van der Waals surface area contributed by atoms with E-state index in [0.717, 1.165) is 12.8 Å². The quantitative estimate of drug-likeness (QED) is 0.818. The number of nitrogens with one attached hydrogen (secondary N) is 1. The smallest absolute Gasteiger partial charge is 0.264 e. The second-order valence-electron chi connectivity index (χ2n) is 4.86. The standard InChI is InChI=1S/C16H16N2O/c19-16(14-8-2-1-3-9-14)17-18-12-6-10-13-7-4-5-11-15(13)18/h1-3,6,8-10,12H,4-5,7,11H2/p+1. The summed E-state index contributed by atoms with van der Waals surface area (Å²) in [6.45, 7) is 0. The summed E-state index contributed by atoms with van der Waals surface area (Å²) in [6, 6.07) is 13.5. The van der Waals surface area contributed by atoms with E-state index < -0.39 is 0 Å². The van der Waals surface area contributed by atoms with E-state index in [1.165, 1.54) is 24.1 Å². The molecule has 0 unspecified atom stereocenters. The van der Waals surface area contributed by atoms with Gasteiger partial charge in [0, 0.05) is 23.6 Å². The number of hydrogen-bond acceptors (Lipinski definition) is 1. The molecule has 0 fully saturated rings. The second-order valence-corrected chi connectivity index (χ2v) is 4.86. The van der Waals surface area contributed by atoms with Gasteiger partial charge in [-0.2, -0.15) is 0 Å². The van der Waals surface area contributed by atoms with Gasteiger partial charge in [-0.05, 0) is 37.5 Å². The summed E-state index contributed by atoms with van der Waals surface area (Å²) >= 11 is 0. The van der Waals surface area contributed by atoms with Crippen LogP contribution >= 0.6 is 0 Å². The number of benzene rings is 1. The number of nitrogens with zero attached hydrogens (tertiary/aromatic N) is 1. The first-order chi connectivity index (χ1) is 9.34. The molecule has 0 spiro atoms. The molecule has 0 saturated carbocycles. The second kappa shape index (κ2) is 5.22. The van der Waals surface area contributed by atoms with Gasteiger partial charge in [0.15, 0.2) is 6.20 Å². The zero-order valence-electron chi connectivity index (χ0n) is 10.8. The van der Waals surface area contributed by atoms with Crippen molar-refractivity contribution < 1.29 is 9.47 Å². The normalized spacial score (nSPS) is 13.7. The molecule has 1 aliphatic rings. The minimum absolute atomic E-state index is 0.0652. The third-order valence-electron chi connectivity index (χ3n) is 3.56. The Morgan fingerprint density at radius 2 is 1.79 bits per heavy atom. The molecule has 1 aromatic carbocycles.